The molecule has 0 aromatic heterocycles. The van der Waals surface area contributed by atoms with Gasteiger partial charge in [-0.05, 0) is 43.5 Å². The molecule has 2 atom stereocenters. The van der Waals surface area contributed by atoms with Crippen LogP contribution in [-0.4, -0.2) is 26.1 Å². The zero-order valence-corrected chi connectivity index (χ0v) is 14.9. The molecule has 0 radical (unpaired) electrons. The van der Waals surface area contributed by atoms with E-state index in [4.69, 9.17) is 4.74 Å². The molecule has 0 spiro atoms. The van der Waals surface area contributed by atoms with Crippen molar-refractivity contribution in [1.82, 2.24) is 5.32 Å². The number of ether oxygens (including phenoxy) is 1. The zero-order valence-electron chi connectivity index (χ0n) is 14.1. The second-order valence-corrected chi connectivity index (χ2v) is 7.25. The van der Waals surface area contributed by atoms with Gasteiger partial charge in [0.15, 0.2) is 0 Å². The molecule has 0 heterocycles. The summed E-state index contributed by atoms with van der Waals surface area (Å²) in [6.45, 7) is 4.13. The lowest BCUT2D eigenvalue weighted by atomic mass is 10.0. The fraction of sp³-hybridized carbons (Fsp3) is 0.333. The summed E-state index contributed by atoms with van der Waals surface area (Å²) in [5, 5.41) is 3.49. The molecule has 5 nitrogen and oxygen atoms in total. The van der Waals surface area contributed by atoms with Crippen molar-refractivity contribution in [2.45, 2.75) is 37.2 Å². The minimum absolute atomic E-state index is 0.128. The van der Waals surface area contributed by atoms with Crippen molar-refractivity contribution in [2.24, 2.45) is 0 Å². The van der Waals surface area contributed by atoms with Crippen LogP contribution in [0.25, 0.3) is 0 Å². The minimum Gasteiger partial charge on any atom is -0.495 e. The first-order chi connectivity index (χ1) is 11.3. The Morgan fingerprint density at radius 2 is 1.79 bits per heavy atom. The monoisotopic (exact) mass is 349 g/mol. The van der Waals surface area contributed by atoms with Gasteiger partial charge in [-0.3, -0.25) is 4.55 Å². The van der Waals surface area contributed by atoms with Gasteiger partial charge in [0.05, 0.1) is 7.11 Å². The normalized spacial score (nSPS) is 14.2. The van der Waals surface area contributed by atoms with E-state index in [0.29, 0.717) is 6.42 Å². The Kier molecular flexibility index (Phi) is 5.99. The van der Waals surface area contributed by atoms with Gasteiger partial charge < -0.3 is 10.1 Å². The van der Waals surface area contributed by atoms with Gasteiger partial charge in [0.1, 0.15) is 10.6 Å². The summed E-state index contributed by atoms with van der Waals surface area (Å²) in [7, 11) is -2.94. The second-order valence-electron chi connectivity index (χ2n) is 5.86. The molecule has 2 rings (SSSR count). The third-order valence-electron chi connectivity index (χ3n) is 3.88. The van der Waals surface area contributed by atoms with Crippen molar-refractivity contribution >= 4 is 10.1 Å². The van der Waals surface area contributed by atoms with E-state index in [2.05, 4.69) is 24.4 Å². The second kappa shape index (κ2) is 7.79. The van der Waals surface area contributed by atoms with Gasteiger partial charge in [-0.1, -0.05) is 36.4 Å². The van der Waals surface area contributed by atoms with Crippen LogP contribution in [0.1, 0.15) is 31.0 Å². The van der Waals surface area contributed by atoms with E-state index in [0.717, 1.165) is 5.56 Å². The Morgan fingerprint density at radius 1 is 1.12 bits per heavy atom. The predicted octanol–water partition coefficient (Wildman–Crippen LogP) is 3.22. The topological polar surface area (TPSA) is 75.6 Å². The molecule has 0 saturated carbocycles. The van der Waals surface area contributed by atoms with E-state index in [9.17, 15) is 13.0 Å². The molecule has 2 N–H and O–H groups in total. The van der Waals surface area contributed by atoms with E-state index in [1.807, 2.05) is 25.1 Å². The van der Waals surface area contributed by atoms with Crippen molar-refractivity contribution < 1.29 is 17.7 Å². The highest BCUT2D eigenvalue weighted by Gasteiger charge is 2.18. The van der Waals surface area contributed by atoms with Crippen LogP contribution in [-0.2, 0) is 16.5 Å². The molecule has 6 heteroatoms. The number of methoxy groups -OCH3 is 1. The van der Waals surface area contributed by atoms with E-state index in [1.54, 1.807) is 12.1 Å². The Morgan fingerprint density at radius 3 is 2.38 bits per heavy atom. The maximum atomic E-state index is 11.5. The summed E-state index contributed by atoms with van der Waals surface area (Å²) in [6, 6.07) is 15.2. The first-order valence-corrected chi connectivity index (χ1v) is 9.20. The van der Waals surface area contributed by atoms with E-state index >= 15 is 0 Å². The molecule has 0 fully saturated rings. The Labute approximate surface area is 143 Å². The van der Waals surface area contributed by atoms with E-state index < -0.39 is 10.1 Å². The van der Waals surface area contributed by atoms with Gasteiger partial charge in [0.25, 0.3) is 10.1 Å². The zero-order chi connectivity index (χ0) is 17.7. The maximum Gasteiger partial charge on any atom is 0.298 e. The highest BCUT2D eigenvalue weighted by atomic mass is 32.2. The quantitative estimate of drug-likeness (QED) is 0.751. The van der Waals surface area contributed by atoms with Crippen LogP contribution in [0.4, 0.5) is 0 Å². The predicted molar refractivity (Wildman–Crippen MR) is 94.0 cm³/mol. The number of benzene rings is 2. The van der Waals surface area contributed by atoms with Crippen LogP contribution < -0.4 is 10.1 Å². The number of nitrogens with one attached hydrogen (secondary N) is 1. The SMILES string of the molecule is COc1ccc(C[C@@H](C)N[C@H](C)c2ccccc2)cc1S(=O)(=O)O. The summed E-state index contributed by atoms with van der Waals surface area (Å²) in [5.74, 6) is 0.138. The summed E-state index contributed by atoms with van der Waals surface area (Å²) in [4.78, 5) is -0.203. The van der Waals surface area contributed by atoms with Crippen molar-refractivity contribution in [2.75, 3.05) is 7.11 Å². The van der Waals surface area contributed by atoms with E-state index in [-0.39, 0.29) is 22.7 Å². The third kappa shape index (κ3) is 4.80. The van der Waals surface area contributed by atoms with Crippen molar-refractivity contribution in [1.29, 1.82) is 0 Å². The molecule has 0 unspecified atom stereocenters. The summed E-state index contributed by atoms with van der Waals surface area (Å²) >= 11 is 0. The Balaban J connectivity index is 2.10. The van der Waals surface area contributed by atoms with Crippen LogP contribution in [0.2, 0.25) is 0 Å². The van der Waals surface area contributed by atoms with Crippen molar-refractivity contribution in [3.05, 3.63) is 59.7 Å². The van der Waals surface area contributed by atoms with Crippen LogP contribution >= 0.6 is 0 Å². The molecular formula is C18H23NO4S. The Bertz CT molecular complexity index is 775. The number of hydrogen-bond donors (Lipinski definition) is 2. The average molecular weight is 349 g/mol. The highest BCUT2D eigenvalue weighted by Crippen LogP contribution is 2.25. The summed E-state index contributed by atoms with van der Waals surface area (Å²) in [5.41, 5.74) is 2.00. The van der Waals surface area contributed by atoms with Crippen LogP contribution in [0.3, 0.4) is 0 Å². The van der Waals surface area contributed by atoms with Crippen LogP contribution in [0.5, 0.6) is 5.75 Å². The van der Waals surface area contributed by atoms with Crippen molar-refractivity contribution in [3.8, 4) is 5.75 Å². The van der Waals surface area contributed by atoms with E-state index in [1.165, 1.54) is 18.7 Å². The van der Waals surface area contributed by atoms with Gasteiger partial charge in [0.2, 0.25) is 0 Å². The molecule has 0 amide bonds. The molecule has 24 heavy (non-hydrogen) atoms. The number of hydrogen-bond acceptors (Lipinski definition) is 4. The van der Waals surface area contributed by atoms with Crippen LogP contribution in [0.15, 0.2) is 53.4 Å². The lowest BCUT2D eigenvalue weighted by Crippen LogP contribution is -2.30. The van der Waals surface area contributed by atoms with Gasteiger partial charge in [-0.25, -0.2) is 0 Å². The lowest BCUT2D eigenvalue weighted by molar-refractivity contribution is 0.397. The van der Waals surface area contributed by atoms with Gasteiger partial charge in [0, 0.05) is 12.1 Å². The molecule has 0 aliphatic carbocycles. The molecule has 0 aliphatic heterocycles. The number of rotatable bonds is 7. The first-order valence-electron chi connectivity index (χ1n) is 7.76. The molecule has 0 bridgehead atoms. The molecular weight excluding hydrogens is 326 g/mol. The molecule has 130 valence electrons. The average Bonchev–Trinajstić information content (AvgIpc) is 2.54. The molecule has 0 saturated heterocycles. The van der Waals surface area contributed by atoms with Gasteiger partial charge >= 0.3 is 0 Å². The molecule has 0 aliphatic rings. The lowest BCUT2D eigenvalue weighted by Gasteiger charge is -2.21. The third-order valence-corrected chi connectivity index (χ3v) is 4.76. The standard InChI is InChI=1S/C18H23NO4S/c1-13(19-14(2)16-7-5-4-6-8-16)11-15-9-10-17(23-3)18(12-15)24(20,21)22/h4-10,12-14,19H,11H2,1-3H3,(H,20,21,22)/t13-,14-/m1/s1. The fourth-order valence-electron chi connectivity index (χ4n) is 2.73. The smallest absolute Gasteiger partial charge is 0.298 e. The summed E-state index contributed by atoms with van der Waals surface area (Å²) < 4.78 is 37.3. The fourth-order valence-corrected chi connectivity index (χ4v) is 3.43. The van der Waals surface area contributed by atoms with Crippen LogP contribution in [0, 0.1) is 0 Å². The minimum atomic E-state index is -4.32. The maximum absolute atomic E-state index is 11.5. The Hall–Kier alpha value is -1.89. The molecule has 2 aromatic rings. The van der Waals surface area contributed by atoms with Gasteiger partial charge in [-0.15, -0.1) is 0 Å². The first kappa shape index (κ1) is 18.4. The van der Waals surface area contributed by atoms with Gasteiger partial charge in [-0.2, -0.15) is 8.42 Å². The van der Waals surface area contributed by atoms with Crippen molar-refractivity contribution in [3.63, 3.8) is 0 Å². The highest BCUT2D eigenvalue weighted by molar-refractivity contribution is 7.86. The summed E-state index contributed by atoms with van der Waals surface area (Å²) in [6.07, 6.45) is 0.629. The largest absolute Gasteiger partial charge is 0.495 e. The molecule has 2 aromatic carbocycles.